The van der Waals surface area contributed by atoms with E-state index in [1.807, 2.05) is 35.9 Å². The Morgan fingerprint density at radius 2 is 1.93 bits per heavy atom. The summed E-state index contributed by atoms with van der Waals surface area (Å²) in [4.78, 5) is 12.5. The lowest BCUT2D eigenvalue weighted by molar-refractivity contribution is -0.0389. The molecule has 0 saturated heterocycles. The minimum absolute atomic E-state index is 0.278. The normalized spacial score (nSPS) is 21.9. The molecule has 0 unspecified atom stereocenters. The van der Waals surface area contributed by atoms with Gasteiger partial charge in [-0.2, -0.15) is 0 Å². The van der Waals surface area contributed by atoms with Crippen LogP contribution in [0.3, 0.4) is 0 Å². The third-order valence-corrected chi connectivity index (χ3v) is 5.38. The third-order valence-electron chi connectivity index (χ3n) is 5.38. The maximum atomic E-state index is 13.4. The highest BCUT2D eigenvalue weighted by Crippen LogP contribution is 2.36. The van der Waals surface area contributed by atoms with E-state index in [2.05, 4.69) is 20.3 Å². The molecule has 1 aliphatic rings. The number of hydrogen-bond donors (Lipinski definition) is 3. The summed E-state index contributed by atoms with van der Waals surface area (Å²) in [5, 5.41) is 23.7. The Bertz CT molecular complexity index is 1030. The zero-order chi connectivity index (χ0) is 20.6. The van der Waals surface area contributed by atoms with Crippen molar-refractivity contribution in [2.75, 3.05) is 5.32 Å². The average molecular weight is 397 g/mol. The summed E-state index contributed by atoms with van der Waals surface area (Å²) >= 11 is 0. The number of hydrogen-bond acceptors (Lipinski definition) is 6. The van der Waals surface area contributed by atoms with Crippen LogP contribution in [0.25, 0.3) is 5.69 Å². The van der Waals surface area contributed by atoms with Crippen LogP contribution in [0.2, 0.25) is 0 Å². The summed E-state index contributed by atoms with van der Waals surface area (Å²) < 4.78 is 15.3. The second-order valence-corrected chi connectivity index (χ2v) is 7.74. The van der Waals surface area contributed by atoms with Gasteiger partial charge in [-0.25, -0.2) is 19.3 Å². The number of aromatic nitrogens is 4. The molecule has 0 bridgehead atoms. The first-order chi connectivity index (χ1) is 13.8. The second-order valence-electron chi connectivity index (χ2n) is 7.74. The van der Waals surface area contributed by atoms with Crippen LogP contribution in [-0.4, -0.2) is 35.8 Å². The number of anilines is 2. The molecule has 2 heterocycles. The Balaban J connectivity index is 1.59. The van der Waals surface area contributed by atoms with E-state index in [-0.39, 0.29) is 11.8 Å². The van der Waals surface area contributed by atoms with Crippen LogP contribution < -0.4 is 5.32 Å². The molecule has 7 nitrogen and oxygen atoms in total. The quantitative estimate of drug-likeness (QED) is 0.625. The van der Waals surface area contributed by atoms with Crippen LogP contribution in [0.1, 0.15) is 42.6 Å². The van der Waals surface area contributed by atoms with E-state index >= 15 is 0 Å². The van der Waals surface area contributed by atoms with Crippen LogP contribution in [-0.2, 0) is 5.60 Å². The van der Waals surface area contributed by atoms with Gasteiger partial charge in [0.15, 0.2) is 5.82 Å². The van der Waals surface area contributed by atoms with Crippen LogP contribution in [0, 0.1) is 19.7 Å². The van der Waals surface area contributed by atoms with Crippen LogP contribution in [0.5, 0.6) is 0 Å². The highest BCUT2D eigenvalue weighted by Gasteiger charge is 2.36. The van der Waals surface area contributed by atoms with E-state index in [1.54, 1.807) is 13.3 Å². The predicted octanol–water partition coefficient (Wildman–Crippen LogP) is 3.28. The lowest BCUT2D eigenvalue weighted by atomic mass is 9.81. The molecule has 8 heteroatoms. The Morgan fingerprint density at radius 3 is 2.66 bits per heavy atom. The molecule has 0 radical (unpaired) electrons. The Labute approximate surface area is 168 Å². The standard InChI is InChI=1S/C21H24FN5O2/c1-13-7-15(26-20-23-10-18(22)14(2)25-20)9-16(8-13)27-11-19(24-12-27)21(29)5-3-17(28)4-6-21/h7-12,17,28-29H,3-6H2,1-2H3,(H,23,25,26). The van der Waals surface area contributed by atoms with Gasteiger partial charge in [-0.05, 0) is 63.3 Å². The minimum atomic E-state index is -1.01. The number of nitrogens with one attached hydrogen (secondary N) is 1. The molecule has 0 aliphatic heterocycles. The van der Waals surface area contributed by atoms with Gasteiger partial charge >= 0.3 is 0 Å². The molecule has 0 spiro atoms. The number of nitrogens with zero attached hydrogens (tertiary/aromatic N) is 4. The number of rotatable bonds is 4. The predicted molar refractivity (Wildman–Crippen MR) is 107 cm³/mol. The van der Waals surface area contributed by atoms with E-state index in [1.165, 1.54) is 0 Å². The summed E-state index contributed by atoms with van der Waals surface area (Å²) in [5.74, 6) is -0.124. The van der Waals surface area contributed by atoms with Gasteiger partial charge in [0.2, 0.25) is 5.95 Å². The van der Waals surface area contributed by atoms with Gasteiger partial charge < -0.3 is 20.1 Å². The lowest BCUT2D eigenvalue weighted by Crippen LogP contribution is -2.33. The van der Waals surface area contributed by atoms with Gasteiger partial charge in [0.1, 0.15) is 5.60 Å². The van der Waals surface area contributed by atoms with Gasteiger partial charge in [-0.15, -0.1) is 0 Å². The van der Waals surface area contributed by atoms with E-state index in [0.29, 0.717) is 37.3 Å². The molecular weight excluding hydrogens is 373 g/mol. The number of benzene rings is 1. The van der Waals surface area contributed by atoms with Crippen molar-refractivity contribution in [2.45, 2.75) is 51.2 Å². The second kappa shape index (κ2) is 7.53. The molecule has 0 amide bonds. The van der Waals surface area contributed by atoms with E-state index in [0.717, 1.165) is 23.1 Å². The van der Waals surface area contributed by atoms with Crippen LogP contribution >= 0.6 is 0 Å². The third kappa shape index (κ3) is 4.13. The fourth-order valence-electron chi connectivity index (χ4n) is 3.67. The van der Waals surface area contributed by atoms with Gasteiger partial charge in [-0.3, -0.25) is 0 Å². The van der Waals surface area contributed by atoms with Crippen molar-refractivity contribution in [1.82, 2.24) is 19.5 Å². The molecule has 29 heavy (non-hydrogen) atoms. The Kier molecular flexibility index (Phi) is 5.06. The molecule has 2 aromatic heterocycles. The molecule has 1 saturated carbocycles. The number of imidazole rings is 1. The Hall–Kier alpha value is -2.84. The summed E-state index contributed by atoms with van der Waals surface area (Å²) in [6.07, 6.45) is 6.42. The number of aryl methyl sites for hydroxylation is 2. The smallest absolute Gasteiger partial charge is 0.227 e. The maximum Gasteiger partial charge on any atom is 0.227 e. The zero-order valence-corrected chi connectivity index (χ0v) is 16.4. The van der Waals surface area contributed by atoms with Gasteiger partial charge in [-0.1, -0.05) is 0 Å². The molecule has 3 aromatic rings. The highest BCUT2D eigenvalue weighted by molar-refractivity contribution is 5.59. The van der Waals surface area contributed by atoms with Crippen molar-refractivity contribution in [3.8, 4) is 5.69 Å². The summed E-state index contributed by atoms with van der Waals surface area (Å²) in [5.41, 5.74) is 2.52. The monoisotopic (exact) mass is 397 g/mol. The fourth-order valence-corrected chi connectivity index (χ4v) is 3.67. The lowest BCUT2D eigenvalue weighted by Gasteiger charge is -2.32. The van der Waals surface area contributed by atoms with Crippen molar-refractivity contribution in [2.24, 2.45) is 0 Å². The van der Waals surface area contributed by atoms with Crippen molar-refractivity contribution < 1.29 is 14.6 Å². The van der Waals surface area contributed by atoms with Gasteiger partial charge in [0.25, 0.3) is 0 Å². The van der Waals surface area contributed by atoms with Crippen molar-refractivity contribution in [3.63, 3.8) is 0 Å². The molecule has 1 fully saturated rings. The Morgan fingerprint density at radius 1 is 1.17 bits per heavy atom. The largest absolute Gasteiger partial charge is 0.393 e. The number of aliphatic hydroxyl groups is 2. The molecule has 0 atom stereocenters. The molecule has 4 rings (SSSR count). The van der Waals surface area contributed by atoms with Crippen LogP contribution in [0.15, 0.2) is 36.9 Å². The molecule has 152 valence electrons. The summed E-state index contributed by atoms with van der Waals surface area (Å²) in [6.45, 7) is 3.56. The first kappa shape index (κ1) is 19.5. The van der Waals surface area contributed by atoms with Crippen LogP contribution in [0.4, 0.5) is 16.0 Å². The molecular formula is C21H24FN5O2. The minimum Gasteiger partial charge on any atom is -0.393 e. The van der Waals surface area contributed by atoms with Gasteiger partial charge in [0, 0.05) is 17.6 Å². The van der Waals surface area contributed by atoms with Crippen molar-refractivity contribution in [1.29, 1.82) is 0 Å². The van der Waals surface area contributed by atoms with E-state index in [4.69, 9.17) is 0 Å². The molecule has 3 N–H and O–H groups in total. The fraction of sp³-hybridized carbons (Fsp3) is 0.381. The highest BCUT2D eigenvalue weighted by atomic mass is 19.1. The average Bonchev–Trinajstić information content (AvgIpc) is 3.18. The van der Waals surface area contributed by atoms with Crippen molar-refractivity contribution >= 4 is 11.6 Å². The summed E-state index contributed by atoms with van der Waals surface area (Å²) in [6, 6.07) is 5.86. The molecule has 1 aliphatic carbocycles. The van der Waals surface area contributed by atoms with E-state index < -0.39 is 11.4 Å². The first-order valence-electron chi connectivity index (χ1n) is 9.65. The maximum absolute atomic E-state index is 13.4. The van der Waals surface area contributed by atoms with Crippen molar-refractivity contribution in [3.05, 3.63) is 59.7 Å². The molecule has 1 aromatic carbocycles. The van der Waals surface area contributed by atoms with Gasteiger partial charge in [0.05, 0.1) is 30.0 Å². The number of aliphatic hydroxyl groups excluding tert-OH is 1. The first-order valence-corrected chi connectivity index (χ1v) is 9.65. The topological polar surface area (TPSA) is 96.1 Å². The summed E-state index contributed by atoms with van der Waals surface area (Å²) in [7, 11) is 0. The zero-order valence-electron chi connectivity index (χ0n) is 16.4. The van der Waals surface area contributed by atoms with E-state index in [9.17, 15) is 14.6 Å². The SMILES string of the molecule is Cc1cc(Nc2ncc(F)c(C)n2)cc(-n2cnc(C3(O)CCC(O)CC3)c2)c1. The number of halogens is 1.